The van der Waals surface area contributed by atoms with Crippen molar-refractivity contribution >= 4 is 49.9 Å². The largest absolute Gasteiger partial charge is 0.310 e. The topological polar surface area (TPSA) is 11.0 Å². The van der Waals surface area contributed by atoms with Crippen molar-refractivity contribution in [1.29, 1.82) is 0 Å². The summed E-state index contributed by atoms with van der Waals surface area (Å²) < 4.78 is 5.15. The fraction of sp³-hybridized carbons (Fsp3) is 0.174. The van der Waals surface area contributed by atoms with Gasteiger partial charge in [-0.2, -0.15) is 9.13 Å². The number of rotatable bonds is 1. The molecule has 2 aromatic heterocycles. The second kappa shape index (κ2) is 8.36. The minimum Gasteiger partial charge on any atom is -0.310 e. The molecule has 0 N–H and O–H groups in total. The summed E-state index contributed by atoms with van der Waals surface area (Å²) in [5.74, 6) is 0. The molecule has 232 valence electrons. The van der Waals surface area contributed by atoms with E-state index in [2.05, 4.69) is 157 Å². The Hall–Kier alpha value is -5.54. The number of aromatic nitrogens is 2. The lowest BCUT2D eigenvalue weighted by Gasteiger charge is -2.42. The molecule has 0 atom stereocenters. The van der Waals surface area contributed by atoms with Gasteiger partial charge < -0.3 is 4.90 Å². The van der Waals surface area contributed by atoms with Crippen LogP contribution in [0.2, 0.25) is 0 Å². The van der Waals surface area contributed by atoms with E-state index in [0.29, 0.717) is 0 Å². The highest BCUT2D eigenvalue weighted by atomic mass is 15.2. The highest BCUT2D eigenvalue weighted by molar-refractivity contribution is 6.10. The zero-order chi connectivity index (χ0) is 32.6. The van der Waals surface area contributed by atoms with Crippen LogP contribution in [0.5, 0.6) is 0 Å². The molecule has 5 aromatic carbocycles. The van der Waals surface area contributed by atoms with Crippen molar-refractivity contribution < 1.29 is 9.13 Å². The molecule has 0 spiro atoms. The molecule has 3 heteroatoms. The van der Waals surface area contributed by atoms with E-state index in [0.717, 1.165) is 13.0 Å². The van der Waals surface area contributed by atoms with Crippen LogP contribution < -0.4 is 14.0 Å². The van der Waals surface area contributed by atoms with Crippen LogP contribution in [0.1, 0.15) is 61.1 Å². The van der Waals surface area contributed by atoms with Crippen LogP contribution in [-0.4, -0.2) is 0 Å². The summed E-state index contributed by atoms with van der Waals surface area (Å²) in [5.41, 5.74) is 20.5. The van der Waals surface area contributed by atoms with Crippen LogP contribution >= 0.6 is 0 Å². The van der Waals surface area contributed by atoms with Crippen LogP contribution in [0.15, 0.2) is 116 Å². The van der Waals surface area contributed by atoms with Gasteiger partial charge in [0.2, 0.25) is 17.1 Å². The lowest BCUT2D eigenvalue weighted by Crippen LogP contribution is -2.48. The van der Waals surface area contributed by atoms with E-state index in [4.69, 9.17) is 0 Å². The standard InChI is InChI=1S/C46H35N3/c1-45(2)32-15-9-11-27-21-23-48-37-24-29-35(18-16-33(45)40(29)44(48)39(27)32)49(28-12-6-5-7-13-28)36-19-17-34-42-41(36)30(37)25-47-22-20-26-10-8-14-31(46(34,3)4)38(26)43(42)47/h5-23H,24-25H2,1-4H3/q+2. The number of hydrogen-bond acceptors (Lipinski definition) is 1. The van der Waals surface area contributed by atoms with Crippen molar-refractivity contribution in [2.24, 2.45) is 0 Å². The molecule has 5 aliphatic rings. The van der Waals surface area contributed by atoms with Gasteiger partial charge in [-0.1, -0.05) is 94.4 Å². The lowest BCUT2D eigenvalue weighted by atomic mass is 9.65. The van der Waals surface area contributed by atoms with E-state index in [9.17, 15) is 0 Å². The first-order valence-corrected chi connectivity index (χ1v) is 17.7. The lowest BCUT2D eigenvalue weighted by molar-refractivity contribution is -0.674. The van der Waals surface area contributed by atoms with E-state index < -0.39 is 0 Å². The minimum absolute atomic E-state index is 0.110. The number of nitrogens with zero attached hydrogens (tertiary/aromatic N) is 3. The molecule has 0 fully saturated rings. The van der Waals surface area contributed by atoms with Crippen molar-refractivity contribution in [3.8, 4) is 22.5 Å². The molecule has 4 bridgehead atoms. The van der Waals surface area contributed by atoms with Gasteiger partial charge in [0.05, 0.1) is 45.3 Å². The predicted octanol–water partition coefficient (Wildman–Crippen LogP) is 9.90. The van der Waals surface area contributed by atoms with Crippen molar-refractivity contribution in [2.75, 3.05) is 4.90 Å². The first-order chi connectivity index (χ1) is 23.8. The Morgan fingerprint density at radius 2 is 1.20 bits per heavy atom. The monoisotopic (exact) mass is 629 g/mol. The van der Waals surface area contributed by atoms with Crippen LogP contribution in [-0.2, 0) is 23.8 Å². The van der Waals surface area contributed by atoms with Crippen molar-refractivity contribution in [1.82, 2.24) is 0 Å². The molecule has 3 aliphatic heterocycles. The Balaban J connectivity index is 1.33. The predicted molar refractivity (Wildman–Crippen MR) is 198 cm³/mol. The van der Waals surface area contributed by atoms with Crippen LogP contribution in [0.4, 0.5) is 17.1 Å². The fourth-order valence-electron chi connectivity index (χ4n) is 10.5. The average molecular weight is 630 g/mol. The number of hydrogen-bond donors (Lipinski definition) is 0. The summed E-state index contributed by atoms with van der Waals surface area (Å²) in [6.07, 6.45) is 5.60. The average Bonchev–Trinajstić information content (AvgIpc) is 3.12. The molecule has 0 amide bonds. The van der Waals surface area contributed by atoms with Gasteiger partial charge in [0.1, 0.15) is 0 Å². The summed E-state index contributed by atoms with van der Waals surface area (Å²) >= 11 is 0. The number of anilines is 3. The molecule has 5 heterocycles. The Morgan fingerprint density at radius 1 is 0.551 bits per heavy atom. The second-order valence-corrected chi connectivity index (χ2v) is 15.8. The van der Waals surface area contributed by atoms with Gasteiger partial charge in [-0.25, -0.2) is 0 Å². The maximum absolute atomic E-state index is 2.60. The molecular formula is C46H35N3+2. The van der Waals surface area contributed by atoms with Crippen LogP contribution in [0.3, 0.4) is 0 Å². The second-order valence-electron chi connectivity index (χ2n) is 15.8. The van der Waals surface area contributed by atoms with E-state index >= 15 is 0 Å². The molecular weight excluding hydrogens is 595 g/mol. The SMILES string of the molecule is CC1(C)c2ccc3c4c2-c2c5c1cccc5cc[n+]2CC4=C1Cc2c(ccc4c2-c2c5c(cccc5cc[n+]21)C4(C)C)N3c1ccccc1. The molecule has 0 saturated carbocycles. The Labute approximate surface area is 286 Å². The molecule has 0 unspecified atom stereocenters. The van der Waals surface area contributed by atoms with Crippen molar-refractivity contribution in [3.63, 3.8) is 0 Å². The minimum atomic E-state index is -0.141. The summed E-state index contributed by atoms with van der Waals surface area (Å²) in [5, 5.41) is 5.46. The molecule has 12 rings (SSSR count). The number of pyridine rings is 2. The highest BCUT2D eigenvalue weighted by Crippen LogP contribution is 2.59. The summed E-state index contributed by atoms with van der Waals surface area (Å²) in [7, 11) is 0. The van der Waals surface area contributed by atoms with Crippen molar-refractivity contribution in [3.05, 3.63) is 149 Å². The molecule has 2 aliphatic carbocycles. The van der Waals surface area contributed by atoms with Gasteiger partial charge in [-0.3, -0.25) is 0 Å². The number of allylic oxidation sites excluding steroid dienone is 2. The Bertz CT molecular complexity index is 2760. The van der Waals surface area contributed by atoms with Gasteiger partial charge in [-0.15, -0.1) is 0 Å². The third-order valence-electron chi connectivity index (χ3n) is 12.8. The van der Waals surface area contributed by atoms with Crippen LogP contribution in [0.25, 0.3) is 55.3 Å². The summed E-state index contributed by atoms with van der Waals surface area (Å²) in [6, 6.07) is 39.4. The normalized spacial score (nSPS) is 17.4. The zero-order valence-electron chi connectivity index (χ0n) is 28.2. The van der Waals surface area contributed by atoms with Gasteiger partial charge in [0, 0.05) is 39.8 Å². The Morgan fingerprint density at radius 3 is 1.94 bits per heavy atom. The van der Waals surface area contributed by atoms with Gasteiger partial charge >= 0.3 is 0 Å². The summed E-state index contributed by atoms with van der Waals surface area (Å²) in [6.45, 7) is 10.5. The number of benzene rings is 5. The molecule has 3 nitrogen and oxygen atoms in total. The van der Waals surface area contributed by atoms with Gasteiger partial charge in [0.25, 0.3) is 0 Å². The van der Waals surface area contributed by atoms with E-state index in [1.165, 1.54) is 106 Å². The smallest absolute Gasteiger partial charge is 0.226 e. The van der Waals surface area contributed by atoms with E-state index in [1.54, 1.807) is 0 Å². The van der Waals surface area contributed by atoms with E-state index in [-0.39, 0.29) is 10.8 Å². The summed E-state index contributed by atoms with van der Waals surface area (Å²) in [4.78, 5) is 2.59. The zero-order valence-corrected chi connectivity index (χ0v) is 28.2. The number of para-hydroxylation sites is 1. The van der Waals surface area contributed by atoms with E-state index in [1.807, 2.05) is 0 Å². The van der Waals surface area contributed by atoms with Gasteiger partial charge in [0.15, 0.2) is 18.9 Å². The first kappa shape index (κ1) is 26.4. The quantitative estimate of drug-likeness (QED) is 0.165. The molecule has 49 heavy (non-hydrogen) atoms. The molecule has 7 aromatic rings. The van der Waals surface area contributed by atoms with Crippen molar-refractivity contribution in [2.45, 2.75) is 51.5 Å². The first-order valence-electron chi connectivity index (χ1n) is 17.7. The highest BCUT2D eigenvalue weighted by Gasteiger charge is 2.50. The molecule has 0 saturated heterocycles. The molecule has 0 radical (unpaired) electrons. The van der Waals surface area contributed by atoms with Gasteiger partial charge in [-0.05, 0) is 57.3 Å². The third-order valence-corrected chi connectivity index (χ3v) is 12.8. The van der Waals surface area contributed by atoms with Crippen LogP contribution in [0, 0.1) is 0 Å². The maximum Gasteiger partial charge on any atom is 0.226 e. The maximum atomic E-state index is 2.60. The fourth-order valence-corrected chi connectivity index (χ4v) is 10.5. The third kappa shape index (κ3) is 2.91. The Kier molecular flexibility index (Phi) is 4.50.